The molecule has 1 heterocycles. The van der Waals surface area contributed by atoms with Crippen LogP contribution < -0.4 is 4.72 Å². The quantitative estimate of drug-likeness (QED) is 0.611. The lowest BCUT2D eigenvalue weighted by Crippen LogP contribution is -2.49. The minimum Gasteiger partial charge on any atom is -0.202 e. The van der Waals surface area contributed by atoms with Crippen LogP contribution in [0, 0.1) is 0 Å². The molecule has 0 spiro atoms. The van der Waals surface area contributed by atoms with E-state index in [-0.39, 0.29) is 6.04 Å². The summed E-state index contributed by atoms with van der Waals surface area (Å²) in [6.07, 6.45) is 0.900. The smallest absolute Gasteiger partial charge is 0.202 e. The summed E-state index contributed by atoms with van der Waals surface area (Å²) in [7, 11) is -3.14. The number of rotatable bonds is 1. The largest absolute Gasteiger partial charge is 0.279 e. The standard InChI is InChI=1S/C6H14N2O2S/c1-6(2)8-5-3-4-7-11(8,9)10/h6-7H,3-5H2,1-2H3. The van der Waals surface area contributed by atoms with E-state index in [1.165, 1.54) is 4.31 Å². The van der Waals surface area contributed by atoms with E-state index in [0.717, 1.165) is 6.42 Å². The molecule has 1 saturated heterocycles. The first-order valence-corrected chi connectivity index (χ1v) is 5.24. The Labute approximate surface area is 67.8 Å². The third-order valence-corrected chi connectivity index (χ3v) is 3.52. The van der Waals surface area contributed by atoms with E-state index in [1.807, 2.05) is 13.8 Å². The van der Waals surface area contributed by atoms with Gasteiger partial charge in [-0.2, -0.15) is 12.7 Å². The Morgan fingerprint density at radius 3 is 2.45 bits per heavy atom. The highest BCUT2D eigenvalue weighted by molar-refractivity contribution is 7.87. The van der Waals surface area contributed by atoms with Crippen LogP contribution in [0.15, 0.2) is 0 Å². The maximum Gasteiger partial charge on any atom is 0.279 e. The van der Waals surface area contributed by atoms with Crippen molar-refractivity contribution in [1.82, 2.24) is 9.03 Å². The van der Waals surface area contributed by atoms with E-state index < -0.39 is 10.2 Å². The third kappa shape index (κ3) is 1.91. The van der Waals surface area contributed by atoms with Crippen molar-refractivity contribution in [3.8, 4) is 0 Å². The molecule has 1 rings (SSSR count). The molecule has 1 N–H and O–H groups in total. The Bertz CT molecular complexity index is 223. The first-order valence-electron chi connectivity index (χ1n) is 3.80. The highest BCUT2D eigenvalue weighted by Gasteiger charge is 2.26. The molecule has 0 aromatic carbocycles. The Kier molecular flexibility index (Phi) is 2.51. The van der Waals surface area contributed by atoms with E-state index in [0.29, 0.717) is 13.1 Å². The monoisotopic (exact) mass is 178 g/mol. The van der Waals surface area contributed by atoms with Crippen LogP contribution in [0.4, 0.5) is 0 Å². The van der Waals surface area contributed by atoms with Crippen LogP contribution in [0.25, 0.3) is 0 Å². The molecular weight excluding hydrogens is 164 g/mol. The van der Waals surface area contributed by atoms with Gasteiger partial charge in [-0.1, -0.05) is 0 Å². The summed E-state index contributed by atoms with van der Waals surface area (Å²) in [5.41, 5.74) is 0. The fourth-order valence-corrected chi connectivity index (χ4v) is 2.67. The van der Waals surface area contributed by atoms with Gasteiger partial charge in [-0.05, 0) is 20.3 Å². The first kappa shape index (κ1) is 8.96. The van der Waals surface area contributed by atoms with Crippen LogP contribution in [0.1, 0.15) is 20.3 Å². The average molecular weight is 178 g/mol. The molecule has 0 bridgehead atoms. The van der Waals surface area contributed by atoms with Gasteiger partial charge in [0.1, 0.15) is 0 Å². The van der Waals surface area contributed by atoms with Gasteiger partial charge in [-0.25, -0.2) is 4.72 Å². The van der Waals surface area contributed by atoms with Gasteiger partial charge in [-0.15, -0.1) is 0 Å². The minimum atomic E-state index is -3.14. The van der Waals surface area contributed by atoms with Gasteiger partial charge in [0.2, 0.25) is 0 Å². The summed E-state index contributed by atoms with van der Waals surface area (Å²) in [6.45, 7) is 4.98. The summed E-state index contributed by atoms with van der Waals surface area (Å²) in [4.78, 5) is 0. The van der Waals surface area contributed by atoms with Gasteiger partial charge in [0.05, 0.1) is 0 Å². The molecule has 66 valence electrons. The van der Waals surface area contributed by atoms with Gasteiger partial charge in [-0.3, -0.25) is 0 Å². The normalized spacial score (nSPS) is 25.7. The van der Waals surface area contributed by atoms with Crippen molar-refractivity contribution in [3.05, 3.63) is 0 Å². The van der Waals surface area contributed by atoms with Gasteiger partial charge in [0.25, 0.3) is 10.2 Å². The Morgan fingerprint density at radius 2 is 2.09 bits per heavy atom. The van der Waals surface area contributed by atoms with Gasteiger partial charge in [0.15, 0.2) is 0 Å². The first-order chi connectivity index (χ1) is 5.04. The lowest BCUT2D eigenvalue weighted by Gasteiger charge is -2.29. The maximum atomic E-state index is 11.2. The summed E-state index contributed by atoms with van der Waals surface area (Å²) in [5, 5.41) is 0. The van der Waals surface area contributed by atoms with Gasteiger partial charge in [0, 0.05) is 19.1 Å². The number of nitrogens with zero attached hydrogens (tertiary/aromatic N) is 1. The zero-order valence-corrected chi connectivity index (χ0v) is 7.69. The summed E-state index contributed by atoms with van der Waals surface area (Å²) in [5.74, 6) is 0. The number of hydrogen-bond donors (Lipinski definition) is 1. The van der Waals surface area contributed by atoms with Crippen LogP contribution in [0.2, 0.25) is 0 Å². The summed E-state index contributed by atoms with van der Waals surface area (Å²) >= 11 is 0. The number of nitrogens with one attached hydrogen (secondary N) is 1. The van der Waals surface area contributed by atoms with E-state index in [2.05, 4.69) is 4.72 Å². The molecule has 0 radical (unpaired) electrons. The van der Waals surface area contributed by atoms with Crippen molar-refractivity contribution >= 4 is 10.2 Å². The average Bonchev–Trinajstić information content (AvgIpc) is 1.85. The van der Waals surface area contributed by atoms with Gasteiger partial charge >= 0.3 is 0 Å². The lowest BCUT2D eigenvalue weighted by atomic mass is 10.3. The van der Waals surface area contributed by atoms with E-state index in [9.17, 15) is 8.42 Å². The van der Waals surface area contributed by atoms with Crippen molar-refractivity contribution in [1.29, 1.82) is 0 Å². The molecule has 4 nitrogen and oxygen atoms in total. The number of hydrogen-bond acceptors (Lipinski definition) is 2. The molecule has 1 fully saturated rings. The van der Waals surface area contributed by atoms with Crippen LogP contribution in [-0.4, -0.2) is 31.9 Å². The second-order valence-corrected chi connectivity index (χ2v) is 4.67. The molecule has 5 heteroatoms. The van der Waals surface area contributed by atoms with Crippen molar-refractivity contribution in [3.63, 3.8) is 0 Å². The fourth-order valence-electron chi connectivity index (χ4n) is 1.17. The molecule has 0 amide bonds. The molecule has 11 heavy (non-hydrogen) atoms. The minimum absolute atomic E-state index is 0.0628. The molecule has 0 unspecified atom stereocenters. The van der Waals surface area contributed by atoms with Crippen LogP contribution in [0.3, 0.4) is 0 Å². The third-order valence-electron chi connectivity index (χ3n) is 1.72. The van der Waals surface area contributed by atoms with Gasteiger partial charge < -0.3 is 0 Å². The van der Waals surface area contributed by atoms with E-state index in [1.54, 1.807) is 0 Å². The van der Waals surface area contributed by atoms with Crippen molar-refractivity contribution in [2.45, 2.75) is 26.3 Å². The second kappa shape index (κ2) is 3.08. The lowest BCUT2D eigenvalue weighted by molar-refractivity contribution is 0.326. The Hall–Kier alpha value is -0.130. The van der Waals surface area contributed by atoms with Crippen LogP contribution in [0.5, 0.6) is 0 Å². The highest BCUT2D eigenvalue weighted by Crippen LogP contribution is 2.09. The van der Waals surface area contributed by atoms with E-state index >= 15 is 0 Å². The molecule has 0 atom stereocenters. The van der Waals surface area contributed by atoms with E-state index in [4.69, 9.17) is 0 Å². The van der Waals surface area contributed by atoms with Crippen molar-refractivity contribution in [2.75, 3.05) is 13.1 Å². The molecule has 0 aromatic heterocycles. The SMILES string of the molecule is CC(C)N1CCCNS1(=O)=O. The maximum absolute atomic E-state index is 11.2. The molecule has 0 saturated carbocycles. The summed E-state index contributed by atoms with van der Waals surface area (Å²) in [6, 6.07) is 0.0628. The zero-order chi connectivity index (χ0) is 8.48. The topological polar surface area (TPSA) is 49.4 Å². The zero-order valence-electron chi connectivity index (χ0n) is 6.87. The molecule has 1 aliphatic rings. The van der Waals surface area contributed by atoms with Crippen molar-refractivity contribution < 1.29 is 8.42 Å². The molecule has 0 aliphatic carbocycles. The molecular formula is C6H14N2O2S. The highest BCUT2D eigenvalue weighted by atomic mass is 32.2. The van der Waals surface area contributed by atoms with Crippen LogP contribution >= 0.6 is 0 Å². The van der Waals surface area contributed by atoms with Crippen molar-refractivity contribution in [2.24, 2.45) is 0 Å². The molecule has 0 aromatic rings. The Morgan fingerprint density at radius 1 is 1.45 bits per heavy atom. The second-order valence-electron chi connectivity index (χ2n) is 2.96. The predicted octanol–water partition coefficient (Wildman–Crippen LogP) is -0.0651. The Balaban J connectivity index is 2.76. The van der Waals surface area contributed by atoms with Crippen LogP contribution in [-0.2, 0) is 10.2 Å². The fraction of sp³-hybridized carbons (Fsp3) is 1.00. The predicted molar refractivity (Wildman–Crippen MR) is 43.4 cm³/mol. The molecule has 1 aliphatic heterocycles. The summed E-state index contributed by atoms with van der Waals surface area (Å²) < 4.78 is 26.4.